The van der Waals surface area contributed by atoms with Gasteiger partial charge in [-0.25, -0.2) is 0 Å². The van der Waals surface area contributed by atoms with Crippen molar-refractivity contribution in [3.63, 3.8) is 0 Å². The van der Waals surface area contributed by atoms with E-state index in [1.807, 2.05) is 6.07 Å². The Morgan fingerprint density at radius 1 is 1.29 bits per heavy atom. The Balaban J connectivity index is 2.63. The van der Waals surface area contributed by atoms with E-state index in [0.29, 0.717) is 0 Å². The molecule has 2 rings (SSSR count). The smallest absolute Gasteiger partial charge is 0.153 e. The van der Waals surface area contributed by atoms with E-state index >= 15 is 0 Å². The Labute approximate surface area is 92.5 Å². The first-order chi connectivity index (χ1) is 6.47. The molecule has 0 aliphatic heterocycles. The largest absolute Gasteiger partial charge is 0.464 e. The summed E-state index contributed by atoms with van der Waals surface area (Å²) in [6, 6.07) is 4.03. The molecule has 0 aliphatic carbocycles. The average Bonchev–Trinajstić information content (AvgIpc) is 2.45. The summed E-state index contributed by atoms with van der Waals surface area (Å²) in [6.07, 6.45) is 1.80. The van der Waals surface area contributed by atoms with Crippen LogP contribution in [0.4, 0.5) is 0 Å². The topological polar surface area (TPSA) is 26.0 Å². The fourth-order valence-electron chi connectivity index (χ4n) is 1.26. The number of furan rings is 1. The van der Waals surface area contributed by atoms with Crippen LogP contribution in [0.5, 0.6) is 0 Å². The highest BCUT2D eigenvalue weighted by Crippen LogP contribution is 2.18. The van der Waals surface area contributed by atoms with Crippen molar-refractivity contribution in [2.75, 3.05) is 0 Å². The van der Waals surface area contributed by atoms with Crippen LogP contribution in [0.1, 0.15) is 0 Å². The summed E-state index contributed by atoms with van der Waals surface area (Å²) in [7, 11) is -1.36. The number of fused-ring (bicyclic) bond motifs is 1. The summed E-state index contributed by atoms with van der Waals surface area (Å²) in [5.41, 5.74) is 1.82. The highest BCUT2D eigenvalue weighted by molar-refractivity contribution is 9.10. The van der Waals surface area contributed by atoms with Crippen LogP contribution < -0.4 is 5.38 Å². The van der Waals surface area contributed by atoms with Gasteiger partial charge in [0.05, 0.1) is 5.38 Å². The lowest BCUT2D eigenvalue weighted by Crippen LogP contribution is -2.36. The predicted octanol–water partition coefficient (Wildman–Crippen LogP) is 3.14. The van der Waals surface area contributed by atoms with Gasteiger partial charge in [0.2, 0.25) is 0 Å². The number of pyridine rings is 1. The van der Waals surface area contributed by atoms with Crippen LogP contribution in [0.2, 0.25) is 19.6 Å². The Kier molecular flexibility index (Phi) is 2.27. The zero-order chi connectivity index (χ0) is 10.3. The maximum absolute atomic E-state index is 5.78. The lowest BCUT2D eigenvalue weighted by Gasteiger charge is -2.10. The number of nitrogens with zero attached hydrogens (tertiary/aromatic N) is 1. The molecule has 0 atom stereocenters. The second-order valence-corrected chi connectivity index (χ2v) is 10.3. The lowest BCUT2D eigenvalue weighted by molar-refractivity contribution is 0.647. The van der Waals surface area contributed by atoms with E-state index in [1.165, 1.54) is 0 Å². The summed E-state index contributed by atoms with van der Waals surface area (Å²) < 4.78 is 6.74. The molecule has 2 nitrogen and oxygen atoms in total. The van der Waals surface area contributed by atoms with Gasteiger partial charge in [-0.2, -0.15) is 0 Å². The molecule has 0 unspecified atom stereocenters. The Morgan fingerprint density at radius 2 is 2.00 bits per heavy atom. The van der Waals surface area contributed by atoms with E-state index in [9.17, 15) is 0 Å². The average molecular weight is 270 g/mol. The van der Waals surface area contributed by atoms with Gasteiger partial charge in [0, 0.05) is 16.7 Å². The second-order valence-electron chi connectivity index (χ2n) is 4.40. The molecule has 2 heterocycles. The van der Waals surface area contributed by atoms with Gasteiger partial charge in [-0.05, 0) is 22.0 Å². The van der Waals surface area contributed by atoms with Gasteiger partial charge in [0.15, 0.2) is 5.58 Å². The van der Waals surface area contributed by atoms with Gasteiger partial charge in [0.1, 0.15) is 13.6 Å². The molecule has 0 N–H and O–H groups in total. The van der Waals surface area contributed by atoms with E-state index in [4.69, 9.17) is 4.42 Å². The molecule has 0 aliphatic rings. The van der Waals surface area contributed by atoms with Crippen molar-refractivity contribution >= 4 is 40.5 Å². The molecule has 0 spiro atoms. The van der Waals surface area contributed by atoms with Crippen molar-refractivity contribution < 1.29 is 4.42 Å². The summed E-state index contributed by atoms with van der Waals surface area (Å²) in [5, 5.41) is 1.11. The molecule has 0 bridgehead atoms. The molecule has 0 saturated heterocycles. The standard InChI is InChI=1S/C10H12BrNOSi/c1-14(2,3)10-5-8-9(13-10)4-7(11)6-12-8/h4-6H,1-3H3. The minimum absolute atomic E-state index is 0.872. The van der Waals surface area contributed by atoms with E-state index in [1.54, 1.807) is 6.20 Å². The maximum Gasteiger partial charge on any atom is 0.153 e. The molecule has 74 valence electrons. The van der Waals surface area contributed by atoms with Crippen LogP contribution in [0, 0.1) is 0 Å². The fourth-order valence-corrected chi connectivity index (χ4v) is 2.56. The number of aromatic nitrogens is 1. The first-order valence-corrected chi connectivity index (χ1v) is 8.82. The quantitative estimate of drug-likeness (QED) is 0.744. The molecule has 14 heavy (non-hydrogen) atoms. The lowest BCUT2D eigenvalue weighted by atomic mass is 10.4. The highest BCUT2D eigenvalue weighted by Gasteiger charge is 2.21. The minimum Gasteiger partial charge on any atom is -0.464 e. The number of hydrogen-bond acceptors (Lipinski definition) is 2. The third-order valence-corrected chi connectivity index (χ3v) is 4.23. The van der Waals surface area contributed by atoms with Crippen LogP contribution in [-0.2, 0) is 0 Å². The molecule has 2 aromatic heterocycles. The summed E-state index contributed by atoms with van der Waals surface area (Å²) in [6.45, 7) is 6.79. The molecular formula is C10H12BrNOSi. The summed E-state index contributed by atoms with van der Waals surface area (Å²) >= 11 is 3.38. The van der Waals surface area contributed by atoms with Crippen molar-refractivity contribution in [1.29, 1.82) is 0 Å². The molecule has 0 radical (unpaired) electrons. The monoisotopic (exact) mass is 269 g/mol. The first-order valence-electron chi connectivity index (χ1n) is 4.52. The van der Waals surface area contributed by atoms with Crippen LogP contribution in [0.25, 0.3) is 11.1 Å². The van der Waals surface area contributed by atoms with Crippen LogP contribution in [0.3, 0.4) is 0 Å². The summed E-state index contributed by atoms with van der Waals surface area (Å²) in [5.74, 6) is 0. The van der Waals surface area contributed by atoms with Crippen molar-refractivity contribution in [2.24, 2.45) is 0 Å². The normalized spacial score (nSPS) is 12.3. The molecule has 0 amide bonds. The summed E-state index contributed by atoms with van der Waals surface area (Å²) in [4.78, 5) is 4.30. The zero-order valence-electron chi connectivity index (χ0n) is 8.47. The third kappa shape index (κ3) is 1.76. The van der Waals surface area contributed by atoms with Crippen molar-refractivity contribution in [1.82, 2.24) is 4.98 Å². The van der Waals surface area contributed by atoms with Gasteiger partial charge < -0.3 is 4.42 Å². The van der Waals surface area contributed by atoms with Crippen molar-refractivity contribution in [3.05, 3.63) is 22.8 Å². The second kappa shape index (κ2) is 3.20. The number of halogens is 1. The number of hydrogen-bond donors (Lipinski definition) is 0. The van der Waals surface area contributed by atoms with E-state index < -0.39 is 8.07 Å². The SMILES string of the molecule is C[Si](C)(C)c1cc2ncc(Br)cc2o1. The van der Waals surface area contributed by atoms with Gasteiger partial charge in [0.25, 0.3) is 0 Å². The Hall–Kier alpha value is -0.613. The minimum atomic E-state index is -1.36. The third-order valence-electron chi connectivity index (χ3n) is 2.08. The predicted molar refractivity (Wildman–Crippen MR) is 64.7 cm³/mol. The van der Waals surface area contributed by atoms with E-state index in [2.05, 4.69) is 46.6 Å². The fraction of sp³-hybridized carbons (Fsp3) is 0.300. The van der Waals surface area contributed by atoms with Gasteiger partial charge in [-0.1, -0.05) is 19.6 Å². The van der Waals surface area contributed by atoms with Gasteiger partial charge in [-0.3, -0.25) is 4.98 Å². The van der Waals surface area contributed by atoms with Gasteiger partial charge in [-0.15, -0.1) is 0 Å². The van der Waals surface area contributed by atoms with Crippen molar-refractivity contribution in [2.45, 2.75) is 19.6 Å². The van der Waals surface area contributed by atoms with E-state index in [0.717, 1.165) is 21.0 Å². The van der Waals surface area contributed by atoms with Crippen LogP contribution in [-0.4, -0.2) is 13.1 Å². The molecule has 4 heteroatoms. The molecule has 0 aromatic carbocycles. The molecule has 2 aromatic rings. The molecular weight excluding hydrogens is 258 g/mol. The Morgan fingerprint density at radius 3 is 2.64 bits per heavy atom. The molecule has 0 fully saturated rings. The Bertz CT molecular complexity index is 472. The zero-order valence-corrected chi connectivity index (χ0v) is 11.1. The molecule has 0 saturated carbocycles. The van der Waals surface area contributed by atoms with Crippen molar-refractivity contribution in [3.8, 4) is 0 Å². The maximum atomic E-state index is 5.78. The van der Waals surface area contributed by atoms with Gasteiger partial charge >= 0.3 is 0 Å². The number of rotatable bonds is 1. The van der Waals surface area contributed by atoms with E-state index in [-0.39, 0.29) is 0 Å². The van der Waals surface area contributed by atoms with Crippen LogP contribution >= 0.6 is 15.9 Å². The highest BCUT2D eigenvalue weighted by atomic mass is 79.9. The first kappa shape index (κ1) is 9.92. The van der Waals surface area contributed by atoms with Crippen LogP contribution in [0.15, 0.2) is 27.2 Å².